The second kappa shape index (κ2) is 5.61. The molecule has 2 rings (SSSR count). The van der Waals surface area contributed by atoms with E-state index in [1.165, 1.54) is 0 Å². The van der Waals surface area contributed by atoms with Crippen molar-refractivity contribution in [2.24, 2.45) is 0 Å². The summed E-state index contributed by atoms with van der Waals surface area (Å²) in [7, 11) is 4.17. The van der Waals surface area contributed by atoms with E-state index in [0.717, 1.165) is 38.0 Å². The second-order valence-corrected chi connectivity index (χ2v) is 5.30. The lowest BCUT2D eigenvalue weighted by atomic mass is 10.0. The summed E-state index contributed by atoms with van der Waals surface area (Å²) in [5, 5.41) is 6.90. The van der Waals surface area contributed by atoms with Gasteiger partial charge in [0, 0.05) is 19.1 Å². The molecule has 1 aromatic heterocycles. The highest BCUT2D eigenvalue weighted by atomic mass is 16.2. The van der Waals surface area contributed by atoms with Crippen LogP contribution < -0.4 is 5.73 Å². The summed E-state index contributed by atoms with van der Waals surface area (Å²) < 4.78 is 0. The minimum atomic E-state index is -0.0503. The van der Waals surface area contributed by atoms with Gasteiger partial charge >= 0.3 is 0 Å². The van der Waals surface area contributed by atoms with E-state index in [2.05, 4.69) is 29.2 Å². The number of rotatable bonds is 3. The Kier molecular flexibility index (Phi) is 4.09. The fraction of sp³-hybridized carbons (Fsp3) is 0.692. The zero-order chi connectivity index (χ0) is 14.0. The van der Waals surface area contributed by atoms with Crippen LogP contribution in [0.1, 0.15) is 35.9 Å². The number of aromatic amines is 1. The number of piperidine rings is 1. The fourth-order valence-corrected chi connectivity index (χ4v) is 2.55. The Hall–Kier alpha value is -1.56. The van der Waals surface area contributed by atoms with Crippen LogP contribution in [0.25, 0.3) is 0 Å². The van der Waals surface area contributed by atoms with E-state index in [9.17, 15) is 4.79 Å². The number of carbonyl (C=O) groups excluding carboxylic acids is 1. The lowest BCUT2D eigenvalue weighted by Gasteiger charge is -2.34. The van der Waals surface area contributed by atoms with Crippen molar-refractivity contribution in [3.05, 3.63) is 11.4 Å². The molecule has 0 bridgehead atoms. The largest absolute Gasteiger partial charge is 0.395 e. The third-order valence-electron chi connectivity index (χ3n) is 3.92. The number of H-pyrrole nitrogens is 1. The quantitative estimate of drug-likeness (QED) is 0.844. The molecule has 0 aliphatic carbocycles. The van der Waals surface area contributed by atoms with Crippen molar-refractivity contribution in [1.29, 1.82) is 0 Å². The summed E-state index contributed by atoms with van der Waals surface area (Å²) in [5.41, 5.74) is 7.66. The van der Waals surface area contributed by atoms with E-state index < -0.39 is 0 Å². The maximum atomic E-state index is 12.4. The van der Waals surface area contributed by atoms with Gasteiger partial charge in [0.15, 0.2) is 5.69 Å². The van der Waals surface area contributed by atoms with Gasteiger partial charge in [-0.3, -0.25) is 9.89 Å². The van der Waals surface area contributed by atoms with Crippen LogP contribution >= 0.6 is 0 Å². The number of hydrogen-bond donors (Lipinski definition) is 2. The normalized spacial score (nSPS) is 17.2. The average Bonchev–Trinajstić information content (AvgIpc) is 2.79. The Morgan fingerprint density at radius 3 is 2.58 bits per heavy atom. The van der Waals surface area contributed by atoms with Crippen LogP contribution in [0.3, 0.4) is 0 Å². The second-order valence-electron chi connectivity index (χ2n) is 5.30. The molecule has 0 spiro atoms. The maximum Gasteiger partial charge on any atom is 0.276 e. The zero-order valence-corrected chi connectivity index (χ0v) is 11.9. The van der Waals surface area contributed by atoms with Crippen LogP contribution in [0.2, 0.25) is 0 Å². The molecule has 6 nitrogen and oxygen atoms in total. The van der Waals surface area contributed by atoms with Crippen molar-refractivity contribution in [3.8, 4) is 0 Å². The maximum absolute atomic E-state index is 12.4. The van der Waals surface area contributed by atoms with Crippen molar-refractivity contribution in [2.45, 2.75) is 32.2 Å². The van der Waals surface area contributed by atoms with Crippen LogP contribution in [0.15, 0.2) is 0 Å². The minimum absolute atomic E-state index is 0.0503. The number of nitrogens with zero attached hydrogens (tertiary/aromatic N) is 3. The predicted molar refractivity (Wildman–Crippen MR) is 75.0 cm³/mol. The van der Waals surface area contributed by atoms with Gasteiger partial charge in [0.05, 0.1) is 11.4 Å². The number of amides is 1. The SMILES string of the molecule is CCc1[nH]nc(C(=O)N2CCC(N(C)C)CC2)c1N. The van der Waals surface area contributed by atoms with Gasteiger partial charge in [0.1, 0.15) is 0 Å². The van der Waals surface area contributed by atoms with Gasteiger partial charge in [-0.05, 0) is 33.4 Å². The summed E-state index contributed by atoms with van der Waals surface area (Å²) in [6.07, 6.45) is 2.77. The van der Waals surface area contributed by atoms with Crippen molar-refractivity contribution in [3.63, 3.8) is 0 Å². The van der Waals surface area contributed by atoms with E-state index in [1.54, 1.807) is 0 Å². The molecule has 1 amide bonds. The molecule has 6 heteroatoms. The molecule has 1 aliphatic rings. The number of aryl methyl sites for hydroxylation is 1. The van der Waals surface area contributed by atoms with Crippen molar-refractivity contribution >= 4 is 11.6 Å². The Balaban J connectivity index is 2.03. The van der Waals surface area contributed by atoms with Crippen LogP contribution in [0.4, 0.5) is 5.69 Å². The number of carbonyl (C=O) groups is 1. The third kappa shape index (κ3) is 2.73. The van der Waals surface area contributed by atoms with E-state index in [0.29, 0.717) is 17.4 Å². The molecule has 0 atom stereocenters. The smallest absolute Gasteiger partial charge is 0.276 e. The lowest BCUT2D eigenvalue weighted by molar-refractivity contribution is 0.0658. The number of nitrogen functional groups attached to an aromatic ring is 1. The molecule has 1 aromatic rings. The number of aromatic nitrogens is 2. The van der Waals surface area contributed by atoms with Gasteiger partial charge in [0.25, 0.3) is 5.91 Å². The Morgan fingerprint density at radius 2 is 2.11 bits per heavy atom. The van der Waals surface area contributed by atoms with Crippen LogP contribution in [-0.4, -0.2) is 59.1 Å². The Morgan fingerprint density at radius 1 is 1.47 bits per heavy atom. The van der Waals surface area contributed by atoms with Gasteiger partial charge in [-0.1, -0.05) is 6.92 Å². The fourth-order valence-electron chi connectivity index (χ4n) is 2.55. The molecule has 19 heavy (non-hydrogen) atoms. The molecule has 2 heterocycles. The first-order valence-electron chi connectivity index (χ1n) is 6.83. The summed E-state index contributed by atoms with van der Waals surface area (Å²) >= 11 is 0. The minimum Gasteiger partial charge on any atom is -0.395 e. The highest BCUT2D eigenvalue weighted by Gasteiger charge is 2.27. The van der Waals surface area contributed by atoms with Gasteiger partial charge < -0.3 is 15.5 Å². The molecule has 0 aromatic carbocycles. The van der Waals surface area contributed by atoms with E-state index in [-0.39, 0.29) is 5.91 Å². The first-order valence-corrected chi connectivity index (χ1v) is 6.83. The molecule has 1 saturated heterocycles. The highest BCUT2D eigenvalue weighted by Crippen LogP contribution is 2.20. The monoisotopic (exact) mass is 265 g/mol. The number of nitrogens with two attached hydrogens (primary N) is 1. The predicted octanol–water partition coefficient (Wildman–Crippen LogP) is 0.721. The molecule has 3 N–H and O–H groups in total. The number of nitrogens with one attached hydrogen (secondary N) is 1. The summed E-state index contributed by atoms with van der Waals surface area (Å²) in [4.78, 5) is 16.5. The van der Waals surface area contributed by atoms with E-state index in [1.807, 2.05) is 11.8 Å². The topological polar surface area (TPSA) is 78.2 Å². The van der Waals surface area contributed by atoms with Crippen molar-refractivity contribution in [1.82, 2.24) is 20.0 Å². The lowest BCUT2D eigenvalue weighted by Crippen LogP contribution is -2.44. The Labute approximate surface area is 113 Å². The number of likely N-dealkylation sites (tertiary alicyclic amines) is 1. The van der Waals surface area contributed by atoms with Crippen LogP contribution in [0.5, 0.6) is 0 Å². The molecule has 1 aliphatic heterocycles. The van der Waals surface area contributed by atoms with Gasteiger partial charge in [-0.25, -0.2) is 0 Å². The van der Waals surface area contributed by atoms with Crippen molar-refractivity contribution < 1.29 is 4.79 Å². The molecular weight excluding hydrogens is 242 g/mol. The van der Waals surface area contributed by atoms with E-state index in [4.69, 9.17) is 5.73 Å². The first-order chi connectivity index (χ1) is 9.04. The molecule has 1 fully saturated rings. The summed E-state index contributed by atoms with van der Waals surface area (Å²) in [6, 6.07) is 0.562. The first kappa shape index (κ1) is 13.9. The van der Waals surface area contributed by atoms with Crippen LogP contribution in [0, 0.1) is 0 Å². The molecular formula is C13H23N5O. The zero-order valence-electron chi connectivity index (χ0n) is 11.9. The summed E-state index contributed by atoms with van der Waals surface area (Å²) in [6.45, 7) is 3.53. The number of hydrogen-bond acceptors (Lipinski definition) is 4. The number of anilines is 1. The van der Waals surface area contributed by atoms with Gasteiger partial charge in [0.2, 0.25) is 0 Å². The molecule has 0 radical (unpaired) electrons. The molecule has 0 unspecified atom stereocenters. The Bertz CT molecular complexity index is 446. The standard InChI is InChI=1S/C13H23N5O/c1-4-10-11(14)12(16-15-10)13(19)18-7-5-9(6-8-18)17(2)3/h9H,4-8,14H2,1-3H3,(H,15,16). The summed E-state index contributed by atoms with van der Waals surface area (Å²) in [5.74, 6) is -0.0503. The van der Waals surface area contributed by atoms with Crippen molar-refractivity contribution in [2.75, 3.05) is 32.9 Å². The van der Waals surface area contributed by atoms with E-state index >= 15 is 0 Å². The van der Waals surface area contributed by atoms with Crippen LogP contribution in [-0.2, 0) is 6.42 Å². The molecule has 106 valence electrons. The highest BCUT2D eigenvalue weighted by molar-refractivity contribution is 5.97. The third-order valence-corrected chi connectivity index (χ3v) is 3.92. The van der Waals surface area contributed by atoms with Gasteiger partial charge in [-0.15, -0.1) is 0 Å². The van der Waals surface area contributed by atoms with Gasteiger partial charge in [-0.2, -0.15) is 5.10 Å². The molecule has 0 saturated carbocycles. The average molecular weight is 265 g/mol.